The number of nitrogens with one attached hydrogen (secondary N) is 2. The van der Waals surface area contributed by atoms with Gasteiger partial charge >= 0.3 is 0 Å². The molecule has 4 N–H and O–H groups in total. The number of benzene rings is 1. The Bertz CT molecular complexity index is 752. The second-order valence-electron chi connectivity index (χ2n) is 5.44. The van der Waals surface area contributed by atoms with Crippen molar-refractivity contribution in [2.24, 2.45) is 5.73 Å². The van der Waals surface area contributed by atoms with Crippen molar-refractivity contribution >= 4 is 34.0 Å². The minimum atomic E-state index is -0.365. The van der Waals surface area contributed by atoms with E-state index in [1.165, 1.54) is 11.3 Å². The van der Waals surface area contributed by atoms with E-state index >= 15 is 0 Å². The van der Waals surface area contributed by atoms with Gasteiger partial charge in [-0.25, -0.2) is 0 Å². The summed E-state index contributed by atoms with van der Waals surface area (Å²) in [7, 11) is 0. The van der Waals surface area contributed by atoms with E-state index < -0.39 is 0 Å². The molecule has 0 unspecified atom stereocenters. The highest BCUT2D eigenvalue weighted by atomic mass is 32.1. The molecule has 1 aromatic heterocycles. The molecule has 2 rings (SSSR count). The molecule has 2 aromatic rings. The number of nitrogens with two attached hydrogens (primary N) is 1. The molecule has 0 atom stereocenters. The third kappa shape index (κ3) is 7.39. The highest BCUT2D eigenvalue weighted by molar-refractivity contribution is 7.15. The van der Waals surface area contributed by atoms with Crippen molar-refractivity contribution in [1.82, 2.24) is 10.2 Å². The van der Waals surface area contributed by atoms with Gasteiger partial charge in [0.2, 0.25) is 11.0 Å². The molecule has 0 fully saturated rings. The molecule has 1 heterocycles. The van der Waals surface area contributed by atoms with Crippen molar-refractivity contribution in [1.29, 1.82) is 0 Å². The van der Waals surface area contributed by atoms with E-state index in [0.29, 0.717) is 42.7 Å². The lowest BCUT2D eigenvalue weighted by Gasteiger charge is -2.10. The first-order valence-electron chi connectivity index (χ1n) is 8.46. The first-order chi connectivity index (χ1) is 13.1. The van der Waals surface area contributed by atoms with Crippen molar-refractivity contribution in [3.63, 3.8) is 0 Å². The van der Waals surface area contributed by atoms with Crippen LogP contribution in [0.5, 0.6) is 0 Å². The van der Waals surface area contributed by atoms with Crippen LogP contribution >= 0.6 is 11.3 Å². The van der Waals surface area contributed by atoms with Crippen molar-refractivity contribution in [3.05, 3.63) is 34.8 Å². The number of para-hydroxylation sites is 1. The molecule has 9 nitrogen and oxygen atoms in total. The highest BCUT2D eigenvalue weighted by Crippen LogP contribution is 2.19. The third-order valence-corrected chi connectivity index (χ3v) is 4.05. The predicted octanol–water partition coefficient (Wildman–Crippen LogP) is 1.42. The number of carbonyl (C=O) groups is 2. The molecule has 146 valence electrons. The Balaban J connectivity index is 1.82. The summed E-state index contributed by atoms with van der Waals surface area (Å²) in [5, 5.41) is 14.3. The van der Waals surface area contributed by atoms with Crippen LogP contribution in [0.15, 0.2) is 24.3 Å². The summed E-state index contributed by atoms with van der Waals surface area (Å²) < 4.78 is 10.5. The standard InChI is InChI=1S/C17H23N5O4S/c1-12-21-22-17(27-12)20-16(24)13-4-2-3-5-14(13)19-15(23)6-8-25-10-11-26-9-7-18/h2-5H,6-11,18H2,1H3,(H,19,23)(H,20,22,24). The van der Waals surface area contributed by atoms with Gasteiger partial charge in [0.15, 0.2) is 0 Å². The smallest absolute Gasteiger partial charge is 0.259 e. The average molecular weight is 393 g/mol. The number of carbonyl (C=O) groups excluding carboxylic acids is 2. The number of aryl methyl sites for hydroxylation is 1. The van der Waals surface area contributed by atoms with E-state index in [2.05, 4.69) is 20.8 Å². The number of anilines is 2. The monoisotopic (exact) mass is 393 g/mol. The van der Waals surface area contributed by atoms with Crippen LogP contribution in [0, 0.1) is 6.92 Å². The van der Waals surface area contributed by atoms with Gasteiger partial charge in [-0.1, -0.05) is 23.5 Å². The lowest BCUT2D eigenvalue weighted by atomic mass is 10.1. The number of hydrogen-bond donors (Lipinski definition) is 3. The molecule has 27 heavy (non-hydrogen) atoms. The largest absolute Gasteiger partial charge is 0.379 e. The zero-order chi connectivity index (χ0) is 19.5. The van der Waals surface area contributed by atoms with Crippen LogP contribution in [0.2, 0.25) is 0 Å². The third-order valence-electron chi connectivity index (χ3n) is 3.30. The summed E-state index contributed by atoms with van der Waals surface area (Å²) in [6.45, 7) is 3.85. The second-order valence-corrected chi connectivity index (χ2v) is 6.62. The maximum absolute atomic E-state index is 12.4. The van der Waals surface area contributed by atoms with Gasteiger partial charge in [0.1, 0.15) is 5.01 Å². The molecule has 0 aliphatic rings. The molecule has 0 saturated carbocycles. The van der Waals surface area contributed by atoms with Crippen LogP contribution in [-0.2, 0) is 14.3 Å². The summed E-state index contributed by atoms with van der Waals surface area (Å²) in [6, 6.07) is 6.76. The van der Waals surface area contributed by atoms with Crippen molar-refractivity contribution in [2.75, 3.05) is 43.6 Å². The Hall–Kier alpha value is -2.40. The predicted molar refractivity (Wildman–Crippen MR) is 103 cm³/mol. The van der Waals surface area contributed by atoms with Gasteiger partial charge in [0, 0.05) is 6.54 Å². The summed E-state index contributed by atoms with van der Waals surface area (Å²) in [4.78, 5) is 24.5. The molecule has 0 aliphatic carbocycles. The highest BCUT2D eigenvalue weighted by Gasteiger charge is 2.14. The fourth-order valence-electron chi connectivity index (χ4n) is 2.08. The van der Waals surface area contributed by atoms with Crippen LogP contribution < -0.4 is 16.4 Å². The minimum Gasteiger partial charge on any atom is -0.379 e. The SMILES string of the molecule is Cc1nnc(NC(=O)c2ccccc2NC(=O)CCOCCOCCN)s1. The number of ether oxygens (including phenoxy) is 2. The van der Waals surface area contributed by atoms with Crippen LogP contribution in [0.4, 0.5) is 10.8 Å². The summed E-state index contributed by atoms with van der Waals surface area (Å²) in [5.41, 5.74) is 6.07. The average Bonchev–Trinajstić information content (AvgIpc) is 3.06. The van der Waals surface area contributed by atoms with Gasteiger partial charge in [0.25, 0.3) is 5.91 Å². The Kier molecular flexibility index (Phi) is 8.78. The molecular formula is C17H23N5O4S. The molecule has 0 radical (unpaired) electrons. The van der Waals surface area contributed by atoms with E-state index in [1.807, 2.05) is 0 Å². The Morgan fingerprint density at radius 2 is 1.81 bits per heavy atom. The van der Waals surface area contributed by atoms with Crippen molar-refractivity contribution < 1.29 is 19.1 Å². The van der Waals surface area contributed by atoms with Crippen molar-refractivity contribution in [2.45, 2.75) is 13.3 Å². The number of nitrogens with zero attached hydrogens (tertiary/aromatic N) is 2. The van der Waals surface area contributed by atoms with Gasteiger partial charge in [-0.15, -0.1) is 10.2 Å². The Morgan fingerprint density at radius 1 is 1.07 bits per heavy atom. The molecule has 0 saturated heterocycles. The first-order valence-corrected chi connectivity index (χ1v) is 9.27. The maximum Gasteiger partial charge on any atom is 0.259 e. The summed E-state index contributed by atoms with van der Waals surface area (Å²) >= 11 is 1.28. The number of rotatable bonds is 11. The molecule has 0 bridgehead atoms. The van der Waals surface area contributed by atoms with Crippen LogP contribution in [0.1, 0.15) is 21.8 Å². The van der Waals surface area contributed by atoms with Gasteiger partial charge < -0.3 is 20.5 Å². The van der Waals surface area contributed by atoms with Gasteiger partial charge in [-0.3, -0.25) is 14.9 Å². The van der Waals surface area contributed by atoms with E-state index in [0.717, 1.165) is 5.01 Å². The van der Waals surface area contributed by atoms with Crippen LogP contribution in [0.25, 0.3) is 0 Å². The molecule has 1 aromatic carbocycles. The summed E-state index contributed by atoms with van der Waals surface area (Å²) in [6.07, 6.45) is 0.169. The fraction of sp³-hybridized carbons (Fsp3) is 0.412. The van der Waals surface area contributed by atoms with E-state index in [1.54, 1.807) is 31.2 Å². The Morgan fingerprint density at radius 3 is 2.52 bits per heavy atom. The number of hydrogen-bond acceptors (Lipinski definition) is 8. The fourth-order valence-corrected chi connectivity index (χ4v) is 2.67. The zero-order valence-corrected chi connectivity index (χ0v) is 15.9. The quantitative estimate of drug-likeness (QED) is 0.492. The Labute approximate surface area is 161 Å². The van der Waals surface area contributed by atoms with E-state index in [-0.39, 0.29) is 24.8 Å². The number of amides is 2. The topological polar surface area (TPSA) is 128 Å². The molecule has 0 aliphatic heterocycles. The van der Waals surface area contributed by atoms with Crippen LogP contribution in [-0.4, -0.2) is 55.0 Å². The lowest BCUT2D eigenvalue weighted by Crippen LogP contribution is -2.19. The summed E-state index contributed by atoms with van der Waals surface area (Å²) in [5.74, 6) is -0.611. The zero-order valence-electron chi connectivity index (χ0n) is 15.1. The van der Waals surface area contributed by atoms with E-state index in [9.17, 15) is 9.59 Å². The lowest BCUT2D eigenvalue weighted by molar-refractivity contribution is -0.117. The van der Waals surface area contributed by atoms with E-state index in [4.69, 9.17) is 15.2 Å². The van der Waals surface area contributed by atoms with Gasteiger partial charge in [0.05, 0.1) is 44.1 Å². The molecule has 0 spiro atoms. The molecule has 2 amide bonds. The van der Waals surface area contributed by atoms with Gasteiger partial charge in [-0.2, -0.15) is 0 Å². The second kappa shape index (κ2) is 11.3. The minimum absolute atomic E-state index is 0.169. The molecule has 10 heteroatoms. The van der Waals surface area contributed by atoms with Gasteiger partial charge in [-0.05, 0) is 19.1 Å². The number of aromatic nitrogens is 2. The normalized spacial score (nSPS) is 10.6. The van der Waals surface area contributed by atoms with Crippen molar-refractivity contribution in [3.8, 4) is 0 Å². The van der Waals surface area contributed by atoms with Crippen LogP contribution in [0.3, 0.4) is 0 Å². The molecular weight excluding hydrogens is 370 g/mol. The first kappa shape index (κ1) is 20.9. The maximum atomic E-state index is 12.4.